The third kappa shape index (κ3) is 5.55. The largest absolute Gasteiger partial charge is 0.465 e. The van der Waals surface area contributed by atoms with Crippen LogP contribution in [0.3, 0.4) is 0 Å². The summed E-state index contributed by atoms with van der Waals surface area (Å²) >= 11 is 0. The molecule has 8 heteroatoms. The average Bonchev–Trinajstić information content (AvgIpc) is 3.06. The molecule has 2 aliphatic rings. The average molecular weight is 525 g/mol. The van der Waals surface area contributed by atoms with Crippen molar-refractivity contribution in [3.8, 4) is 0 Å². The number of ether oxygens (including phenoxy) is 1. The molecule has 0 bridgehead atoms. The van der Waals surface area contributed by atoms with Gasteiger partial charge in [-0.05, 0) is 53.3 Å². The first-order chi connectivity index (χ1) is 18.8. The van der Waals surface area contributed by atoms with Gasteiger partial charge in [0.05, 0.1) is 36.6 Å². The van der Waals surface area contributed by atoms with Crippen LogP contribution in [0, 0.1) is 5.41 Å². The first-order valence-corrected chi connectivity index (χ1v) is 13.0. The Morgan fingerprint density at radius 2 is 1.85 bits per heavy atom. The van der Waals surface area contributed by atoms with Crippen molar-refractivity contribution in [1.29, 1.82) is 0 Å². The third-order valence-corrected chi connectivity index (χ3v) is 7.18. The van der Waals surface area contributed by atoms with E-state index >= 15 is 0 Å². The molecule has 1 aromatic heterocycles. The number of rotatable bonds is 6. The van der Waals surface area contributed by atoms with Crippen molar-refractivity contribution >= 4 is 29.0 Å². The van der Waals surface area contributed by atoms with Gasteiger partial charge in [-0.1, -0.05) is 44.2 Å². The molecule has 0 saturated heterocycles. The van der Waals surface area contributed by atoms with Crippen LogP contribution < -0.4 is 15.5 Å². The number of allylic oxidation sites excluding steroid dienone is 1. The molecule has 1 unspecified atom stereocenters. The Morgan fingerprint density at radius 1 is 1.08 bits per heavy atom. The fourth-order valence-corrected chi connectivity index (χ4v) is 5.41. The second-order valence-corrected chi connectivity index (χ2v) is 10.8. The summed E-state index contributed by atoms with van der Waals surface area (Å²) in [5.74, 6) is -0.571. The van der Waals surface area contributed by atoms with Gasteiger partial charge in [0.25, 0.3) is 0 Å². The first-order valence-electron chi connectivity index (χ1n) is 13.0. The van der Waals surface area contributed by atoms with Gasteiger partial charge < -0.3 is 20.3 Å². The van der Waals surface area contributed by atoms with Crippen LogP contribution in [-0.4, -0.2) is 36.3 Å². The van der Waals surface area contributed by atoms with Crippen LogP contribution in [-0.2, 0) is 20.9 Å². The lowest BCUT2D eigenvalue weighted by Gasteiger charge is -2.38. The summed E-state index contributed by atoms with van der Waals surface area (Å²) in [5, 5.41) is 6.54. The highest BCUT2D eigenvalue weighted by Crippen LogP contribution is 2.48. The molecule has 8 nitrogen and oxygen atoms in total. The van der Waals surface area contributed by atoms with E-state index < -0.39 is 12.0 Å². The van der Waals surface area contributed by atoms with Gasteiger partial charge in [0, 0.05) is 36.6 Å². The highest BCUT2D eigenvalue weighted by Gasteiger charge is 2.41. The van der Waals surface area contributed by atoms with Crippen molar-refractivity contribution in [3.05, 3.63) is 101 Å². The Labute approximate surface area is 228 Å². The number of nitrogens with zero attached hydrogens (tertiary/aromatic N) is 2. The lowest BCUT2D eigenvalue weighted by molar-refractivity contribution is -0.120. The summed E-state index contributed by atoms with van der Waals surface area (Å²) in [4.78, 5) is 45.3. The Hall–Kier alpha value is -4.46. The summed E-state index contributed by atoms with van der Waals surface area (Å²) in [6, 6.07) is 18.1. The molecule has 200 valence electrons. The van der Waals surface area contributed by atoms with Gasteiger partial charge in [-0.15, -0.1) is 0 Å². The minimum Gasteiger partial charge on any atom is -0.465 e. The summed E-state index contributed by atoms with van der Waals surface area (Å²) in [7, 11) is 1.34. The number of nitrogens with one attached hydrogen (secondary N) is 2. The fourth-order valence-electron chi connectivity index (χ4n) is 5.41. The van der Waals surface area contributed by atoms with Crippen LogP contribution in [0.1, 0.15) is 54.2 Å². The maximum atomic E-state index is 13.8. The van der Waals surface area contributed by atoms with Crippen LogP contribution in [0.15, 0.2) is 84.3 Å². The quantitative estimate of drug-likeness (QED) is 0.447. The van der Waals surface area contributed by atoms with E-state index in [9.17, 15) is 14.4 Å². The number of hydrogen-bond donors (Lipinski definition) is 2. The summed E-state index contributed by atoms with van der Waals surface area (Å²) in [5.41, 5.74) is 5.09. The van der Waals surface area contributed by atoms with E-state index in [1.165, 1.54) is 7.11 Å². The van der Waals surface area contributed by atoms with Crippen LogP contribution in [0.5, 0.6) is 0 Å². The number of para-hydroxylation sites is 2. The van der Waals surface area contributed by atoms with Gasteiger partial charge in [0.15, 0.2) is 5.78 Å². The lowest BCUT2D eigenvalue weighted by Crippen LogP contribution is -2.41. The Kier molecular flexibility index (Phi) is 7.19. The van der Waals surface area contributed by atoms with E-state index in [-0.39, 0.29) is 23.7 Å². The molecule has 1 aliphatic carbocycles. The molecule has 0 fully saturated rings. The molecule has 2 N–H and O–H groups in total. The summed E-state index contributed by atoms with van der Waals surface area (Å²) in [6.45, 7) is 4.56. The van der Waals surface area contributed by atoms with Crippen molar-refractivity contribution in [2.24, 2.45) is 5.41 Å². The van der Waals surface area contributed by atoms with E-state index in [0.29, 0.717) is 30.5 Å². The molecule has 3 aromatic rings. The smallest absolute Gasteiger partial charge is 0.337 e. The molecule has 0 saturated carbocycles. The predicted octanol–water partition coefficient (Wildman–Crippen LogP) is 4.80. The number of amides is 1. The number of anilines is 2. The number of pyridine rings is 1. The summed E-state index contributed by atoms with van der Waals surface area (Å²) < 4.78 is 4.87. The van der Waals surface area contributed by atoms with Crippen LogP contribution >= 0.6 is 0 Å². The summed E-state index contributed by atoms with van der Waals surface area (Å²) in [6.07, 6.45) is 4.51. The number of esters is 1. The van der Waals surface area contributed by atoms with Crippen molar-refractivity contribution < 1.29 is 19.1 Å². The van der Waals surface area contributed by atoms with Crippen molar-refractivity contribution in [2.45, 2.75) is 39.3 Å². The lowest BCUT2D eigenvalue weighted by atomic mass is 9.73. The van der Waals surface area contributed by atoms with E-state index in [0.717, 1.165) is 28.2 Å². The Bertz CT molecular complexity index is 1430. The van der Waals surface area contributed by atoms with E-state index in [2.05, 4.69) is 29.5 Å². The van der Waals surface area contributed by atoms with Crippen molar-refractivity contribution in [1.82, 2.24) is 10.3 Å². The van der Waals surface area contributed by atoms with E-state index in [1.807, 2.05) is 53.4 Å². The molecule has 2 heterocycles. The number of methoxy groups -OCH3 is 1. The van der Waals surface area contributed by atoms with Crippen LogP contribution in [0.2, 0.25) is 0 Å². The van der Waals surface area contributed by atoms with Gasteiger partial charge in [-0.2, -0.15) is 0 Å². The molecule has 2 aromatic carbocycles. The number of hydrogen-bond acceptors (Lipinski definition) is 7. The molecule has 39 heavy (non-hydrogen) atoms. The number of benzene rings is 2. The minimum atomic E-state index is -0.532. The minimum absolute atomic E-state index is 0.0236. The third-order valence-electron chi connectivity index (χ3n) is 7.18. The van der Waals surface area contributed by atoms with E-state index in [1.54, 1.807) is 24.5 Å². The number of carbonyl (C=O) groups excluding carboxylic acids is 3. The molecule has 1 aliphatic heterocycles. The molecule has 0 spiro atoms. The van der Waals surface area contributed by atoms with Gasteiger partial charge in [0.1, 0.15) is 0 Å². The topological polar surface area (TPSA) is 101 Å². The zero-order chi connectivity index (χ0) is 27.6. The second kappa shape index (κ2) is 10.7. The predicted molar refractivity (Wildman–Crippen MR) is 149 cm³/mol. The maximum Gasteiger partial charge on any atom is 0.337 e. The van der Waals surface area contributed by atoms with Crippen LogP contribution in [0.4, 0.5) is 11.4 Å². The molecule has 0 radical (unpaired) electrons. The number of fused-ring (bicyclic) bond motifs is 1. The van der Waals surface area contributed by atoms with Crippen LogP contribution in [0.25, 0.3) is 0 Å². The zero-order valence-corrected chi connectivity index (χ0v) is 22.4. The Balaban J connectivity index is 1.58. The SMILES string of the molecule is COC(=O)c1ccc(C2C3=C(CC(C)(C)CC3=O)Nc3ccccc3N2CC(=O)NCc2cccnc2)cc1. The normalized spacial score (nSPS) is 17.9. The monoisotopic (exact) mass is 524 g/mol. The molecule has 1 atom stereocenters. The highest BCUT2D eigenvalue weighted by atomic mass is 16.5. The molecular weight excluding hydrogens is 492 g/mol. The van der Waals surface area contributed by atoms with Crippen molar-refractivity contribution in [3.63, 3.8) is 0 Å². The maximum absolute atomic E-state index is 13.8. The molecular formula is C31H32N4O4. The number of ketones is 1. The number of carbonyl (C=O) groups is 3. The standard InChI is InChI=1S/C31H32N4O4/c1-31(2)15-24-28(26(36)16-31)29(21-10-12-22(13-11-21)30(38)39-3)35(25-9-5-4-8-23(25)34-24)19-27(37)33-18-20-7-6-14-32-17-20/h4-14,17,29,34H,15-16,18-19H2,1-3H3,(H,33,37). The first kappa shape index (κ1) is 26.2. The highest BCUT2D eigenvalue weighted by molar-refractivity contribution is 6.02. The Morgan fingerprint density at radius 3 is 2.56 bits per heavy atom. The number of Topliss-reactive ketones (excluding diaryl/α,β-unsaturated/α-hetero) is 1. The van der Waals surface area contributed by atoms with Gasteiger partial charge in [-0.3, -0.25) is 14.6 Å². The van der Waals surface area contributed by atoms with Crippen molar-refractivity contribution in [2.75, 3.05) is 23.9 Å². The zero-order valence-electron chi connectivity index (χ0n) is 22.4. The van der Waals surface area contributed by atoms with E-state index in [4.69, 9.17) is 4.74 Å². The number of aromatic nitrogens is 1. The van der Waals surface area contributed by atoms with Gasteiger partial charge in [0.2, 0.25) is 5.91 Å². The molecule has 5 rings (SSSR count). The second-order valence-electron chi connectivity index (χ2n) is 10.8. The van der Waals surface area contributed by atoms with Gasteiger partial charge in [-0.25, -0.2) is 4.79 Å². The fraction of sp³-hybridized carbons (Fsp3) is 0.290. The van der Waals surface area contributed by atoms with Gasteiger partial charge >= 0.3 is 5.97 Å². The molecule has 1 amide bonds.